The minimum absolute atomic E-state index is 0. The summed E-state index contributed by atoms with van der Waals surface area (Å²) in [4.78, 5) is 22.9. The molecule has 0 fully saturated rings. The van der Waals surface area contributed by atoms with Crippen molar-refractivity contribution in [1.82, 2.24) is 16.0 Å². The average Bonchev–Trinajstić information content (AvgIpc) is 2.41. The molecule has 0 unspecified atom stereocenters. The molecule has 1 aromatic rings. The molecule has 0 bridgehead atoms. The third-order valence-corrected chi connectivity index (χ3v) is 2.44. The number of carbonyl (C=O) groups is 2. The van der Waals surface area contributed by atoms with Crippen LogP contribution in [0.3, 0.4) is 0 Å². The Morgan fingerprint density at radius 3 is 2.25 bits per heavy atom. The van der Waals surface area contributed by atoms with Crippen molar-refractivity contribution in [3.8, 4) is 0 Å². The Balaban J connectivity index is 0.00000361. The second-order valence-corrected chi connectivity index (χ2v) is 3.97. The molecule has 0 saturated carbocycles. The van der Waals surface area contributed by atoms with Crippen molar-refractivity contribution in [2.45, 2.75) is 6.42 Å². The highest BCUT2D eigenvalue weighted by Crippen LogP contribution is 2.01. The zero-order chi connectivity index (χ0) is 14.1. The van der Waals surface area contributed by atoms with Gasteiger partial charge in [0.1, 0.15) is 5.82 Å². The minimum Gasteiger partial charge on any atom is -0.354 e. The summed E-state index contributed by atoms with van der Waals surface area (Å²) in [5.74, 6) is -0.733. The third-order valence-electron chi connectivity index (χ3n) is 2.44. The van der Waals surface area contributed by atoms with Crippen LogP contribution < -0.4 is 16.0 Å². The number of amides is 2. The van der Waals surface area contributed by atoms with Gasteiger partial charge in [-0.25, -0.2) is 4.39 Å². The van der Waals surface area contributed by atoms with Gasteiger partial charge in [0.25, 0.3) is 5.91 Å². The zero-order valence-electron chi connectivity index (χ0n) is 11.2. The Hall–Kier alpha value is -1.66. The Kier molecular flexibility index (Phi) is 9.32. The van der Waals surface area contributed by atoms with E-state index in [4.69, 9.17) is 0 Å². The molecule has 0 heterocycles. The van der Waals surface area contributed by atoms with Crippen molar-refractivity contribution in [2.75, 3.05) is 26.7 Å². The molecule has 7 heteroatoms. The summed E-state index contributed by atoms with van der Waals surface area (Å²) in [7, 11) is 1.77. The first-order valence-electron chi connectivity index (χ1n) is 6.08. The fourth-order valence-corrected chi connectivity index (χ4v) is 1.41. The molecule has 0 aromatic heterocycles. The summed E-state index contributed by atoms with van der Waals surface area (Å²) in [5.41, 5.74) is 0.392. The van der Waals surface area contributed by atoms with Crippen molar-refractivity contribution in [1.29, 1.82) is 0 Å². The van der Waals surface area contributed by atoms with E-state index in [2.05, 4.69) is 16.0 Å². The number of benzene rings is 1. The van der Waals surface area contributed by atoms with Crippen molar-refractivity contribution < 1.29 is 14.0 Å². The molecule has 5 nitrogen and oxygen atoms in total. The maximum absolute atomic E-state index is 12.7. The summed E-state index contributed by atoms with van der Waals surface area (Å²) in [6, 6.07) is 5.29. The van der Waals surface area contributed by atoms with Crippen LogP contribution in [0.1, 0.15) is 16.8 Å². The van der Waals surface area contributed by atoms with E-state index in [0.717, 1.165) is 0 Å². The third kappa shape index (κ3) is 7.06. The number of halogens is 2. The van der Waals surface area contributed by atoms with Gasteiger partial charge in [-0.05, 0) is 31.3 Å². The summed E-state index contributed by atoms with van der Waals surface area (Å²) in [6.07, 6.45) is 0.405. The van der Waals surface area contributed by atoms with Crippen LogP contribution in [0.15, 0.2) is 24.3 Å². The predicted molar refractivity (Wildman–Crippen MR) is 77.5 cm³/mol. The van der Waals surface area contributed by atoms with Gasteiger partial charge in [0.15, 0.2) is 0 Å². The van der Waals surface area contributed by atoms with Crippen LogP contribution in [0.2, 0.25) is 0 Å². The van der Waals surface area contributed by atoms with Crippen LogP contribution in [-0.2, 0) is 4.79 Å². The highest BCUT2D eigenvalue weighted by atomic mass is 35.5. The van der Waals surface area contributed by atoms with Gasteiger partial charge in [-0.15, -0.1) is 12.4 Å². The molecule has 0 aliphatic rings. The zero-order valence-corrected chi connectivity index (χ0v) is 12.1. The van der Waals surface area contributed by atoms with Gasteiger partial charge in [-0.1, -0.05) is 0 Å². The molecule has 0 radical (unpaired) electrons. The topological polar surface area (TPSA) is 70.2 Å². The molecule has 1 aromatic carbocycles. The van der Waals surface area contributed by atoms with E-state index in [1.54, 1.807) is 7.05 Å². The first-order valence-corrected chi connectivity index (χ1v) is 6.08. The second-order valence-electron chi connectivity index (χ2n) is 3.97. The van der Waals surface area contributed by atoms with Crippen molar-refractivity contribution in [2.24, 2.45) is 0 Å². The van der Waals surface area contributed by atoms with E-state index in [1.807, 2.05) is 0 Å². The van der Waals surface area contributed by atoms with E-state index in [0.29, 0.717) is 31.6 Å². The molecule has 2 amide bonds. The number of nitrogens with one attached hydrogen (secondary N) is 3. The molecule has 0 atom stereocenters. The smallest absolute Gasteiger partial charge is 0.251 e. The van der Waals surface area contributed by atoms with Gasteiger partial charge >= 0.3 is 0 Å². The monoisotopic (exact) mass is 303 g/mol. The van der Waals surface area contributed by atoms with E-state index < -0.39 is 0 Å². The molecule has 0 saturated heterocycles. The predicted octanol–water partition coefficient (Wildman–Crippen LogP) is 0.703. The van der Waals surface area contributed by atoms with Crippen LogP contribution in [0.5, 0.6) is 0 Å². The van der Waals surface area contributed by atoms with Crippen LogP contribution in [0, 0.1) is 5.82 Å². The molecule has 0 aliphatic heterocycles. The van der Waals surface area contributed by atoms with Crippen molar-refractivity contribution in [3.05, 3.63) is 35.6 Å². The highest BCUT2D eigenvalue weighted by molar-refractivity contribution is 5.94. The first kappa shape index (κ1) is 18.3. The van der Waals surface area contributed by atoms with Crippen LogP contribution in [0.4, 0.5) is 4.39 Å². The lowest BCUT2D eigenvalue weighted by molar-refractivity contribution is -0.120. The molecule has 0 aliphatic carbocycles. The molecular formula is C13H19ClFN3O2. The maximum Gasteiger partial charge on any atom is 0.251 e. The fraction of sp³-hybridized carbons (Fsp3) is 0.385. The highest BCUT2D eigenvalue weighted by Gasteiger charge is 2.05. The van der Waals surface area contributed by atoms with E-state index in [-0.39, 0.29) is 30.0 Å². The Bertz CT molecular complexity index is 426. The van der Waals surface area contributed by atoms with Crippen molar-refractivity contribution in [3.63, 3.8) is 0 Å². The Labute approximate surface area is 123 Å². The molecule has 0 spiro atoms. The molecule has 112 valence electrons. The number of hydrogen-bond acceptors (Lipinski definition) is 3. The quantitative estimate of drug-likeness (QED) is 0.650. The Morgan fingerprint density at radius 1 is 1.05 bits per heavy atom. The SMILES string of the molecule is CNCCC(=O)NCCNC(=O)c1ccc(F)cc1.Cl. The Morgan fingerprint density at radius 2 is 1.65 bits per heavy atom. The average molecular weight is 304 g/mol. The van der Waals surface area contributed by atoms with E-state index >= 15 is 0 Å². The molecular weight excluding hydrogens is 285 g/mol. The lowest BCUT2D eigenvalue weighted by atomic mass is 10.2. The largest absolute Gasteiger partial charge is 0.354 e. The van der Waals surface area contributed by atoms with E-state index in [1.165, 1.54) is 24.3 Å². The molecule has 20 heavy (non-hydrogen) atoms. The number of hydrogen-bond donors (Lipinski definition) is 3. The normalized spacial score (nSPS) is 9.50. The maximum atomic E-state index is 12.7. The van der Waals surface area contributed by atoms with Crippen LogP contribution in [0.25, 0.3) is 0 Å². The summed E-state index contributed by atoms with van der Waals surface area (Å²) in [6.45, 7) is 1.32. The van der Waals surface area contributed by atoms with Gasteiger partial charge in [-0.2, -0.15) is 0 Å². The lowest BCUT2D eigenvalue weighted by Gasteiger charge is -2.07. The summed E-state index contributed by atoms with van der Waals surface area (Å²) < 4.78 is 12.7. The van der Waals surface area contributed by atoms with Crippen molar-refractivity contribution >= 4 is 24.2 Å². The lowest BCUT2D eigenvalue weighted by Crippen LogP contribution is -2.35. The standard InChI is InChI=1S/C13H18FN3O2.ClH/c1-15-7-6-12(18)16-8-9-17-13(19)10-2-4-11(14)5-3-10;/h2-5,15H,6-9H2,1H3,(H,16,18)(H,17,19);1H. The van der Waals surface area contributed by atoms with Gasteiger partial charge in [0.05, 0.1) is 0 Å². The number of carbonyl (C=O) groups excluding carboxylic acids is 2. The van der Waals surface area contributed by atoms with Crippen LogP contribution in [-0.4, -0.2) is 38.5 Å². The first-order chi connectivity index (χ1) is 9.13. The van der Waals surface area contributed by atoms with Crippen LogP contribution >= 0.6 is 12.4 Å². The fourth-order valence-electron chi connectivity index (χ4n) is 1.41. The second kappa shape index (κ2) is 10.2. The van der Waals surface area contributed by atoms with Gasteiger partial charge in [-0.3, -0.25) is 9.59 Å². The molecule has 1 rings (SSSR count). The van der Waals surface area contributed by atoms with Gasteiger partial charge in [0.2, 0.25) is 5.91 Å². The van der Waals surface area contributed by atoms with Gasteiger partial charge in [0, 0.05) is 31.6 Å². The summed E-state index contributed by atoms with van der Waals surface area (Å²) in [5, 5.41) is 8.19. The van der Waals surface area contributed by atoms with E-state index in [9.17, 15) is 14.0 Å². The number of rotatable bonds is 7. The molecule has 3 N–H and O–H groups in total. The van der Waals surface area contributed by atoms with Gasteiger partial charge < -0.3 is 16.0 Å². The minimum atomic E-state index is -0.381. The summed E-state index contributed by atoms with van der Waals surface area (Å²) >= 11 is 0.